The standard InChI is InChI=1S/C11H18N4/c1-2-13-11(15-12)14-9-8-10-6-4-3-5-7-10/h3-7H,2,8-9,12H2,1H3,(H2,13,14,15). The maximum atomic E-state index is 5.30. The van der Waals surface area contributed by atoms with E-state index in [1.165, 1.54) is 5.56 Å². The summed E-state index contributed by atoms with van der Waals surface area (Å²) in [5.41, 5.74) is 3.81. The second-order valence-corrected chi connectivity index (χ2v) is 3.14. The van der Waals surface area contributed by atoms with Gasteiger partial charge in [0.2, 0.25) is 5.96 Å². The van der Waals surface area contributed by atoms with Crippen molar-refractivity contribution in [3.05, 3.63) is 35.9 Å². The molecule has 0 unspecified atom stereocenters. The van der Waals surface area contributed by atoms with Crippen LogP contribution in [0.5, 0.6) is 0 Å². The van der Waals surface area contributed by atoms with E-state index in [2.05, 4.69) is 27.9 Å². The molecule has 0 bridgehead atoms. The molecule has 0 atom stereocenters. The number of nitrogens with zero attached hydrogens (tertiary/aromatic N) is 1. The molecule has 0 aliphatic carbocycles. The first kappa shape index (κ1) is 11.5. The van der Waals surface area contributed by atoms with E-state index in [4.69, 9.17) is 5.84 Å². The van der Waals surface area contributed by atoms with Crippen molar-refractivity contribution in [3.63, 3.8) is 0 Å². The van der Waals surface area contributed by atoms with Gasteiger partial charge in [0.25, 0.3) is 0 Å². The molecule has 0 saturated heterocycles. The third-order valence-corrected chi connectivity index (χ3v) is 1.99. The summed E-state index contributed by atoms with van der Waals surface area (Å²) in [6.07, 6.45) is 0.928. The number of hydrogen-bond donors (Lipinski definition) is 3. The van der Waals surface area contributed by atoms with Crippen molar-refractivity contribution in [2.45, 2.75) is 13.3 Å². The van der Waals surface area contributed by atoms with Crippen molar-refractivity contribution in [1.29, 1.82) is 0 Å². The third-order valence-electron chi connectivity index (χ3n) is 1.99. The number of aliphatic imine (C=N–C) groups is 1. The monoisotopic (exact) mass is 206 g/mol. The molecule has 1 aromatic carbocycles. The van der Waals surface area contributed by atoms with Crippen molar-refractivity contribution >= 4 is 5.96 Å². The molecule has 0 aliphatic rings. The maximum absolute atomic E-state index is 5.30. The largest absolute Gasteiger partial charge is 0.356 e. The normalized spacial score (nSPS) is 11.2. The fourth-order valence-electron chi connectivity index (χ4n) is 1.26. The molecule has 0 aliphatic heterocycles. The summed E-state index contributed by atoms with van der Waals surface area (Å²) in [7, 11) is 0. The van der Waals surface area contributed by atoms with Crippen LogP contribution in [-0.2, 0) is 6.42 Å². The molecule has 0 spiro atoms. The highest BCUT2D eigenvalue weighted by atomic mass is 15.3. The van der Waals surface area contributed by atoms with Crippen LogP contribution >= 0.6 is 0 Å². The van der Waals surface area contributed by atoms with Crippen LogP contribution in [0.25, 0.3) is 0 Å². The molecule has 1 rings (SSSR count). The molecule has 0 fully saturated rings. The Morgan fingerprint density at radius 2 is 2.07 bits per heavy atom. The maximum Gasteiger partial charge on any atom is 0.205 e. The predicted octanol–water partition coefficient (Wildman–Crippen LogP) is 0.658. The minimum atomic E-state index is 0.647. The Bertz CT molecular complexity index is 295. The van der Waals surface area contributed by atoms with E-state index in [0.717, 1.165) is 19.5 Å². The third kappa shape index (κ3) is 4.46. The van der Waals surface area contributed by atoms with E-state index in [9.17, 15) is 0 Å². The molecule has 0 radical (unpaired) electrons. The van der Waals surface area contributed by atoms with Crippen LogP contribution in [-0.4, -0.2) is 19.0 Å². The summed E-state index contributed by atoms with van der Waals surface area (Å²) >= 11 is 0. The lowest BCUT2D eigenvalue weighted by Crippen LogP contribution is -2.41. The number of guanidine groups is 1. The highest BCUT2D eigenvalue weighted by Crippen LogP contribution is 1.98. The zero-order valence-corrected chi connectivity index (χ0v) is 9.03. The Kier molecular flexibility index (Phi) is 5.25. The minimum absolute atomic E-state index is 0.647. The molecule has 4 N–H and O–H groups in total. The molecule has 1 aromatic rings. The average Bonchev–Trinajstić information content (AvgIpc) is 2.29. The Labute approximate surface area is 90.6 Å². The lowest BCUT2D eigenvalue weighted by molar-refractivity contribution is 0.844. The molecule has 82 valence electrons. The molecule has 0 heterocycles. The zero-order valence-electron chi connectivity index (χ0n) is 9.03. The van der Waals surface area contributed by atoms with Crippen molar-refractivity contribution in [2.75, 3.05) is 13.1 Å². The van der Waals surface area contributed by atoms with E-state index in [0.29, 0.717) is 5.96 Å². The van der Waals surface area contributed by atoms with E-state index in [1.807, 2.05) is 25.1 Å². The van der Waals surface area contributed by atoms with Gasteiger partial charge in [0.05, 0.1) is 0 Å². The molecule has 4 nitrogen and oxygen atoms in total. The zero-order chi connectivity index (χ0) is 10.9. The van der Waals surface area contributed by atoms with Gasteiger partial charge >= 0.3 is 0 Å². The molecular formula is C11H18N4. The van der Waals surface area contributed by atoms with Crippen LogP contribution in [0, 0.1) is 0 Å². The SMILES string of the molecule is CCNC(=NCCc1ccccc1)NN. The summed E-state index contributed by atoms with van der Waals surface area (Å²) in [6.45, 7) is 3.55. The van der Waals surface area contributed by atoms with Crippen LogP contribution in [0.2, 0.25) is 0 Å². The first-order chi connectivity index (χ1) is 7.36. The molecule has 0 amide bonds. The van der Waals surface area contributed by atoms with Gasteiger partial charge in [-0.05, 0) is 18.9 Å². The Morgan fingerprint density at radius 3 is 2.67 bits per heavy atom. The number of hydrazine groups is 1. The van der Waals surface area contributed by atoms with Crippen molar-refractivity contribution in [2.24, 2.45) is 10.8 Å². The Balaban J connectivity index is 2.37. The summed E-state index contributed by atoms with van der Waals surface area (Å²) in [5, 5.41) is 3.03. The lowest BCUT2D eigenvalue weighted by atomic mass is 10.2. The minimum Gasteiger partial charge on any atom is -0.356 e. The number of rotatable bonds is 4. The second-order valence-electron chi connectivity index (χ2n) is 3.14. The topological polar surface area (TPSA) is 62.4 Å². The van der Waals surface area contributed by atoms with Crippen LogP contribution < -0.4 is 16.6 Å². The summed E-state index contributed by atoms with van der Waals surface area (Å²) < 4.78 is 0. The lowest BCUT2D eigenvalue weighted by Gasteiger charge is -2.06. The second kappa shape index (κ2) is 6.84. The highest BCUT2D eigenvalue weighted by Gasteiger charge is 1.93. The van der Waals surface area contributed by atoms with Gasteiger partial charge in [-0.2, -0.15) is 0 Å². The van der Waals surface area contributed by atoms with Crippen molar-refractivity contribution in [3.8, 4) is 0 Å². The molecular weight excluding hydrogens is 188 g/mol. The van der Waals surface area contributed by atoms with Crippen LogP contribution in [0.15, 0.2) is 35.3 Å². The van der Waals surface area contributed by atoms with Crippen LogP contribution in [0.1, 0.15) is 12.5 Å². The predicted molar refractivity (Wildman–Crippen MR) is 63.4 cm³/mol. The van der Waals surface area contributed by atoms with Gasteiger partial charge in [-0.3, -0.25) is 10.4 Å². The summed E-state index contributed by atoms with van der Waals surface area (Å²) in [4.78, 5) is 4.30. The molecule has 4 heteroatoms. The van der Waals surface area contributed by atoms with E-state index in [-0.39, 0.29) is 0 Å². The number of nitrogens with one attached hydrogen (secondary N) is 2. The van der Waals surface area contributed by atoms with Gasteiger partial charge in [0.1, 0.15) is 0 Å². The fraction of sp³-hybridized carbons (Fsp3) is 0.364. The van der Waals surface area contributed by atoms with Gasteiger partial charge in [-0.25, -0.2) is 5.84 Å². The van der Waals surface area contributed by atoms with Crippen LogP contribution in [0.4, 0.5) is 0 Å². The van der Waals surface area contributed by atoms with Gasteiger partial charge < -0.3 is 5.32 Å². The molecule has 0 aromatic heterocycles. The smallest absolute Gasteiger partial charge is 0.205 e. The van der Waals surface area contributed by atoms with E-state index in [1.54, 1.807) is 0 Å². The van der Waals surface area contributed by atoms with Gasteiger partial charge in [0.15, 0.2) is 0 Å². The fourth-order valence-corrected chi connectivity index (χ4v) is 1.26. The van der Waals surface area contributed by atoms with E-state index < -0.39 is 0 Å². The Morgan fingerprint density at radius 1 is 1.33 bits per heavy atom. The van der Waals surface area contributed by atoms with Crippen molar-refractivity contribution in [1.82, 2.24) is 10.7 Å². The van der Waals surface area contributed by atoms with Gasteiger partial charge in [0, 0.05) is 13.1 Å². The Hall–Kier alpha value is -1.55. The number of nitrogens with two attached hydrogens (primary N) is 1. The first-order valence-electron chi connectivity index (χ1n) is 5.15. The van der Waals surface area contributed by atoms with E-state index >= 15 is 0 Å². The summed E-state index contributed by atoms with van der Waals surface area (Å²) in [6, 6.07) is 10.3. The molecule has 0 saturated carbocycles. The number of hydrogen-bond acceptors (Lipinski definition) is 2. The van der Waals surface area contributed by atoms with Gasteiger partial charge in [-0.15, -0.1) is 0 Å². The first-order valence-corrected chi connectivity index (χ1v) is 5.15. The quantitative estimate of drug-likeness (QED) is 0.293. The van der Waals surface area contributed by atoms with Gasteiger partial charge in [-0.1, -0.05) is 30.3 Å². The van der Waals surface area contributed by atoms with Crippen LogP contribution in [0.3, 0.4) is 0 Å². The average molecular weight is 206 g/mol. The van der Waals surface area contributed by atoms with Crippen molar-refractivity contribution < 1.29 is 0 Å². The summed E-state index contributed by atoms with van der Waals surface area (Å²) in [5.74, 6) is 5.94. The highest BCUT2D eigenvalue weighted by molar-refractivity contribution is 5.79. The number of benzene rings is 1. The molecule has 15 heavy (non-hydrogen) atoms.